The van der Waals surface area contributed by atoms with E-state index in [0.717, 1.165) is 5.56 Å². The molecule has 0 atom stereocenters. The van der Waals surface area contributed by atoms with Gasteiger partial charge in [0.05, 0.1) is 11.5 Å². The summed E-state index contributed by atoms with van der Waals surface area (Å²) in [6, 6.07) is 1.88. The van der Waals surface area contributed by atoms with E-state index in [4.69, 9.17) is 4.84 Å². The third-order valence-corrected chi connectivity index (χ3v) is 3.12. The summed E-state index contributed by atoms with van der Waals surface area (Å²) < 4.78 is 0. The Labute approximate surface area is 94.4 Å². The molecule has 0 radical (unpaired) electrons. The monoisotopic (exact) mass is 227 g/mol. The van der Waals surface area contributed by atoms with Gasteiger partial charge in [0, 0.05) is 4.88 Å². The van der Waals surface area contributed by atoms with Crippen molar-refractivity contribution in [2.75, 3.05) is 6.61 Å². The van der Waals surface area contributed by atoms with E-state index < -0.39 is 0 Å². The zero-order chi connectivity index (χ0) is 11.4. The lowest BCUT2D eigenvalue weighted by atomic mass is 10.2. The molecule has 1 aromatic rings. The van der Waals surface area contributed by atoms with E-state index in [-0.39, 0.29) is 5.91 Å². The Hall–Kier alpha value is -0.870. The van der Waals surface area contributed by atoms with Crippen molar-refractivity contribution in [3.8, 4) is 0 Å². The van der Waals surface area contributed by atoms with Gasteiger partial charge in [-0.1, -0.05) is 13.8 Å². The van der Waals surface area contributed by atoms with Crippen LogP contribution in [0.4, 0.5) is 0 Å². The van der Waals surface area contributed by atoms with Gasteiger partial charge in [-0.15, -0.1) is 11.3 Å². The molecule has 0 aliphatic carbocycles. The largest absolute Gasteiger partial charge is 0.284 e. The molecule has 0 saturated heterocycles. The van der Waals surface area contributed by atoms with E-state index >= 15 is 0 Å². The molecule has 0 unspecified atom stereocenters. The molecule has 84 valence electrons. The van der Waals surface area contributed by atoms with Crippen LogP contribution in [0.5, 0.6) is 0 Å². The van der Waals surface area contributed by atoms with Crippen LogP contribution in [0.2, 0.25) is 0 Å². The van der Waals surface area contributed by atoms with Crippen LogP contribution in [-0.4, -0.2) is 12.5 Å². The molecule has 0 spiro atoms. The highest BCUT2D eigenvalue weighted by Crippen LogP contribution is 2.20. The number of carbonyl (C=O) groups is 1. The number of thiophene rings is 1. The molecule has 0 bridgehead atoms. The van der Waals surface area contributed by atoms with E-state index in [0.29, 0.717) is 17.4 Å². The van der Waals surface area contributed by atoms with Gasteiger partial charge in [0.25, 0.3) is 5.91 Å². The molecule has 1 rings (SSSR count). The number of carbonyl (C=O) groups excluding carboxylic acids is 1. The van der Waals surface area contributed by atoms with Gasteiger partial charge in [0.15, 0.2) is 0 Å². The van der Waals surface area contributed by atoms with Crippen LogP contribution in [0.15, 0.2) is 6.07 Å². The van der Waals surface area contributed by atoms with E-state index in [1.165, 1.54) is 16.2 Å². The van der Waals surface area contributed by atoms with Crippen LogP contribution in [0.1, 0.15) is 34.0 Å². The van der Waals surface area contributed by atoms with Crippen LogP contribution < -0.4 is 5.48 Å². The molecule has 1 amide bonds. The fourth-order valence-corrected chi connectivity index (χ4v) is 1.93. The second-order valence-electron chi connectivity index (χ2n) is 3.99. The van der Waals surface area contributed by atoms with Crippen molar-refractivity contribution in [2.45, 2.75) is 27.7 Å². The minimum absolute atomic E-state index is 0.156. The molecule has 0 saturated carbocycles. The highest BCUT2D eigenvalue weighted by Gasteiger charge is 2.10. The Balaban J connectivity index is 2.47. The molecule has 1 heterocycles. The Morgan fingerprint density at radius 2 is 2.20 bits per heavy atom. The smallest absolute Gasteiger partial charge is 0.273 e. The van der Waals surface area contributed by atoms with Gasteiger partial charge in [-0.3, -0.25) is 9.63 Å². The maximum atomic E-state index is 11.6. The summed E-state index contributed by atoms with van der Waals surface area (Å²) in [7, 11) is 0. The van der Waals surface area contributed by atoms with Crippen molar-refractivity contribution in [1.82, 2.24) is 5.48 Å². The summed E-state index contributed by atoms with van der Waals surface area (Å²) in [5.74, 6) is 0.258. The average molecular weight is 227 g/mol. The lowest BCUT2D eigenvalue weighted by Crippen LogP contribution is -2.24. The molecule has 0 aromatic carbocycles. The maximum absolute atomic E-state index is 11.6. The molecule has 15 heavy (non-hydrogen) atoms. The zero-order valence-electron chi connectivity index (χ0n) is 9.59. The topological polar surface area (TPSA) is 38.3 Å². The van der Waals surface area contributed by atoms with Gasteiger partial charge in [0.2, 0.25) is 0 Å². The number of amides is 1. The number of nitrogens with one attached hydrogen (secondary N) is 1. The lowest BCUT2D eigenvalue weighted by Gasteiger charge is -2.06. The minimum Gasteiger partial charge on any atom is -0.273 e. The highest BCUT2D eigenvalue weighted by atomic mass is 32.1. The van der Waals surface area contributed by atoms with Gasteiger partial charge in [-0.25, -0.2) is 5.48 Å². The van der Waals surface area contributed by atoms with E-state index in [1.807, 2.05) is 33.8 Å². The van der Waals surface area contributed by atoms with Gasteiger partial charge >= 0.3 is 0 Å². The summed E-state index contributed by atoms with van der Waals surface area (Å²) in [6.07, 6.45) is 0. The fraction of sp³-hybridized carbons (Fsp3) is 0.545. The third kappa shape index (κ3) is 3.64. The molecule has 1 aromatic heterocycles. The van der Waals surface area contributed by atoms with Crippen LogP contribution >= 0.6 is 11.3 Å². The molecular weight excluding hydrogens is 210 g/mol. The molecule has 1 N–H and O–H groups in total. The average Bonchev–Trinajstić information content (AvgIpc) is 2.46. The van der Waals surface area contributed by atoms with Crippen molar-refractivity contribution in [2.24, 2.45) is 5.92 Å². The number of aryl methyl sites for hydroxylation is 2. The first kappa shape index (κ1) is 12.2. The van der Waals surface area contributed by atoms with Crippen molar-refractivity contribution in [3.05, 3.63) is 21.4 Å². The Kier molecular flexibility index (Phi) is 4.29. The van der Waals surface area contributed by atoms with Crippen molar-refractivity contribution in [3.63, 3.8) is 0 Å². The quantitative estimate of drug-likeness (QED) is 0.803. The summed E-state index contributed by atoms with van der Waals surface area (Å²) >= 11 is 1.49. The predicted molar refractivity (Wildman–Crippen MR) is 62.0 cm³/mol. The van der Waals surface area contributed by atoms with Gasteiger partial charge in [-0.2, -0.15) is 0 Å². The number of hydroxylamine groups is 1. The summed E-state index contributed by atoms with van der Waals surface area (Å²) in [5.41, 5.74) is 3.59. The highest BCUT2D eigenvalue weighted by molar-refractivity contribution is 7.14. The van der Waals surface area contributed by atoms with Crippen molar-refractivity contribution < 1.29 is 9.63 Å². The van der Waals surface area contributed by atoms with E-state index in [9.17, 15) is 4.79 Å². The predicted octanol–water partition coefficient (Wildman–Crippen LogP) is 2.68. The van der Waals surface area contributed by atoms with E-state index in [1.54, 1.807) is 0 Å². The Morgan fingerprint density at radius 3 is 2.67 bits per heavy atom. The van der Waals surface area contributed by atoms with Crippen molar-refractivity contribution in [1.29, 1.82) is 0 Å². The summed E-state index contributed by atoms with van der Waals surface area (Å²) in [6.45, 7) is 8.61. The maximum Gasteiger partial charge on any atom is 0.284 e. The molecular formula is C11H17NO2S. The summed E-state index contributed by atoms with van der Waals surface area (Å²) in [4.78, 5) is 18.5. The Bertz CT molecular complexity index is 325. The molecule has 0 aliphatic rings. The van der Waals surface area contributed by atoms with Crippen LogP contribution in [0.25, 0.3) is 0 Å². The second-order valence-corrected chi connectivity index (χ2v) is 5.24. The molecule has 0 aliphatic heterocycles. The Morgan fingerprint density at radius 1 is 1.53 bits per heavy atom. The third-order valence-electron chi connectivity index (χ3n) is 1.97. The van der Waals surface area contributed by atoms with Crippen LogP contribution in [0, 0.1) is 19.8 Å². The normalized spacial score (nSPS) is 10.7. The van der Waals surface area contributed by atoms with Crippen molar-refractivity contribution >= 4 is 17.2 Å². The van der Waals surface area contributed by atoms with Crippen LogP contribution in [-0.2, 0) is 4.84 Å². The van der Waals surface area contributed by atoms with Gasteiger partial charge in [0.1, 0.15) is 0 Å². The first-order valence-corrected chi connectivity index (χ1v) is 5.81. The fourth-order valence-electron chi connectivity index (χ4n) is 1.01. The number of hydrogen-bond donors (Lipinski definition) is 1. The van der Waals surface area contributed by atoms with Gasteiger partial charge in [-0.05, 0) is 31.4 Å². The second kappa shape index (κ2) is 5.28. The van der Waals surface area contributed by atoms with Crippen LogP contribution in [0.3, 0.4) is 0 Å². The summed E-state index contributed by atoms with van der Waals surface area (Å²) in [5, 5.41) is 0. The molecule has 3 nitrogen and oxygen atoms in total. The van der Waals surface area contributed by atoms with E-state index in [2.05, 4.69) is 5.48 Å². The lowest BCUT2D eigenvalue weighted by molar-refractivity contribution is 0.0212. The minimum atomic E-state index is -0.156. The first-order valence-electron chi connectivity index (χ1n) is 5.00. The molecule has 0 fully saturated rings. The zero-order valence-corrected chi connectivity index (χ0v) is 10.4. The number of hydrogen-bond acceptors (Lipinski definition) is 3. The van der Waals surface area contributed by atoms with Gasteiger partial charge < -0.3 is 0 Å². The standard InChI is InChI=1S/C11H17NO2S/c1-7(2)6-14-12-11(13)10-5-8(3)9(4)15-10/h5,7H,6H2,1-4H3,(H,12,13). The first-order chi connectivity index (χ1) is 7.00. The SMILES string of the molecule is Cc1cc(C(=O)NOCC(C)C)sc1C. The molecule has 4 heteroatoms. The number of rotatable bonds is 4.